The molecule has 2 heterocycles. The molecule has 4 rings (SSSR count). The highest BCUT2D eigenvalue weighted by atomic mass is 35.5. The summed E-state index contributed by atoms with van der Waals surface area (Å²) in [5, 5.41) is 0. The van der Waals surface area contributed by atoms with E-state index in [2.05, 4.69) is 0 Å². The van der Waals surface area contributed by atoms with Gasteiger partial charge >= 0.3 is 12.1 Å². The zero-order valence-corrected chi connectivity index (χ0v) is 17.0. The SMILES string of the molecule is CC1(Cl)C(=O)OCCO[C@@H]2C[C@H]3CC[C@]2(C(=O)N2C(=O)O[C@@H]1[C@@H]2Cl)C3(C)C. The van der Waals surface area contributed by atoms with Crippen LogP contribution in [0.25, 0.3) is 0 Å². The highest BCUT2D eigenvalue weighted by Crippen LogP contribution is 2.67. The van der Waals surface area contributed by atoms with E-state index in [1.165, 1.54) is 6.92 Å². The summed E-state index contributed by atoms with van der Waals surface area (Å²) in [6, 6.07) is 0. The maximum absolute atomic E-state index is 13.7. The lowest BCUT2D eigenvalue weighted by Gasteiger charge is -2.42. The van der Waals surface area contributed by atoms with Crippen molar-refractivity contribution in [1.29, 1.82) is 0 Å². The molecule has 0 aromatic heterocycles. The summed E-state index contributed by atoms with van der Waals surface area (Å²) in [5.41, 5.74) is -2.43. The lowest BCUT2D eigenvalue weighted by molar-refractivity contribution is -0.162. The van der Waals surface area contributed by atoms with Gasteiger partial charge in [0.05, 0.1) is 18.1 Å². The smallest absolute Gasteiger partial charge is 0.418 e. The number of cyclic esters (lactones) is 1. The number of hydrogen-bond donors (Lipinski definition) is 0. The minimum absolute atomic E-state index is 0.00431. The zero-order chi connectivity index (χ0) is 19.8. The summed E-state index contributed by atoms with van der Waals surface area (Å²) in [6.45, 7) is 5.63. The third kappa shape index (κ3) is 2.34. The predicted molar refractivity (Wildman–Crippen MR) is 95.3 cm³/mol. The number of halogens is 2. The Hall–Kier alpha value is -1.05. The van der Waals surface area contributed by atoms with Crippen LogP contribution in [-0.2, 0) is 23.8 Å². The van der Waals surface area contributed by atoms with Gasteiger partial charge in [-0.25, -0.2) is 9.69 Å². The van der Waals surface area contributed by atoms with Crippen LogP contribution in [0, 0.1) is 16.7 Å². The molecular formula is C18H23Cl2NO6. The number of fused-ring (bicyclic) bond motifs is 3. The van der Waals surface area contributed by atoms with E-state index in [1.807, 2.05) is 13.8 Å². The van der Waals surface area contributed by atoms with Gasteiger partial charge in [-0.2, -0.15) is 0 Å². The fourth-order valence-corrected chi connectivity index (χ4v) is 6.20. The van der Waals surface area contributed by atoms with Crippen molar-refractivity contribution in [3.8, 4) is 0 Å². The van der Waals surface area contributed by atoms with Crippen molar-refractivity contribution in [2.24, 2.45) is 16.7 Å². The molecule has 2 amide bonds. The van der Waals surface area contributed by atoms with Crippen molar-refractivity contribution in [1.82, 2.24) is 4.90 Å². The van der Waals surface area contributed by atoms with E-state index in [-0.39, 0.29) is 24.7 Å². The molecule has 9 heteroatoms. The first-order valence-electron chi connectivity index (χ1n) is 9.21. The maximum atomic E-state index is 13.7. The first kappa shape index (κ1) is 19.3. The molecular weight excluding hydrogens is 397 g/mol. The van der Waals surface area contributed by atoms with Crippen LogP contribution >= 0.6 is 23.2 Å². The van der Waals surface area contributed by atoms with E-state index in [0.717, 1.165) is 17.7 Å². The molecule has 2 aliphatic heterocycles. The first-order valence-corrected chi connectivity index (χ1v) is 10.0. The first-order chi connectivity index (χ1) is 12.5. The second-order valence-electron chi connectivity index (χ2n) is 8.59. The van der Waals surface area contributed by atoms with E-state index in [9.17, 15) is 14.4 Å². The maximum Gasteiger partial charge on any atom is 0.418 e. The minimum atomic E-state index is -1.71. The van der Waals surface area contributed by atoms with Gasteiger partial charge in [0.1, 0.15) is 6.61 Å². The lowest BCUT2D eigenvalue weighted by atomic mass is 9.67. The summed E-state index contributed by atoms with van der Waals surface area (Å²) in [7, 11) is 0. The molecule has 4 aliphatic rings. The largest absolute Gasteiger partial charge is 0.462 e. The molecule has 4 bridgehead atoms. The van der Waals surface area contributed by atoms with Crippen LogP contribution in [0.15, 0.2) is 0 Å². The summed E-state index contributed by atoms with van der Waals surface area (Å²) >= 11 is 12.8. The number of nitrogens with zero attached hydrogens (tertiary/aromatic N) is 1. The van der Waals surface area contributed by atoms with Crippen LogP contribution < -0.4 is 0 Å². The van der Waals surface area contributed by atoms with Crippen LogP contribution in [0.5, 0.6) is 0 Å². The molecule has 1 unspecified atom stereocenters. The van der Waals surface area contributed by atoms with E-state index < -0.39 is 39.9 Å². The number of carbonyl (C=O) groups is 3. The van der Waals surface area contributed by atoms with Gasteiger partial charge in [-0.05, 0) is 37.5 Å². The van der Waals surface area contributed by atoms with E-state index in [1.54, 1.807) is 0 Å². The monoisotopic (exact) mass is 419 g/mol. The number of hydrogen-bond acceptors (Lipinski definition) is 6. The van der Waals surface area contributed by atoms with Crippen LogP contribution in [0.2, 0.25) is 0 Å². The summed E-state index contributed by atoms with van der Waals surface area (Å²) < 4.78 is 16.5. The number of carbonyl (C=O) groups excluding carboxylic acids is 3. The average molecular weight is 420 g/mol. The third-order valence-electron chi connectivity index (χ3n) is 7.20. The third-order valence-corrected chi connectivity index (χ3v) is 7.99. The van der Waals surface area contributed by atoms with Gasteiger partial charge in [0.15, 0.2) is 16.5 Å². The van der Waals surface area contributed by atoms with Gasteiger partial charge in [-0.1, -0.05) is 25.4 Å². The Morgan fingerprint density at radius 1 is 1.15 bits per heavy atom. The van der Waals surface area contributed by atoms with E-state index >= 15 is 0 Å². The van der Waals surface area contributed by atoms with Gasteiger partial charge in [-0.3, -0.25) is 9.59 Å². The Labute approximate surface area is 167 Å². The Morgan fingerprint density at radius 2 is 1.85 bits per heavy atom. The number of amides is 2. The molecule has 2 saturated heterocycles. The van der Waals surface area contributed by atoms with Crippen LogP contribution in [0.4, 0.5) is 4.79 Å². The molecule has 0 aromatic rings. The Morgan fingerprint density at radius 3 is 2.52 bits per heavy atom. The Kier molecular flexibility index (Phi) is 4.26. The highest BCUT2D eigenvalue weighted by Gasteiger charge is 2.71. The lowest BCUT2D eigenvalue weighted by Crippen LogP contribution is -2.57. The van der Waals surface area contributed by atoms with Crippen LogP contribution in [0.1, 0.15) is 40.0 Å². The summed E-state index contributed by atoms with van der Waals surface area (Å²) in [5.74, 6) is -0.860. The number of rotatable bonds is 0. The molecule has 1 spiro atoms. The topological polar surface area (TPSA) is 82.1 Å². The van der Waals surface area contributed by atoms with Crippen LogP contribution in [-0.4, -0.2) is 58.7 Å². The molecule has 27 heavy (non-hydrogen) atoms. The molecule has 0 aromatic carbocycles. The normalized spacial score (nSPS) is 46.4. The van der Waals surface area contributed by atoms with Gasteiger partial charge in [0.2, 0.25) is 5.91 Å². The summed E-state index contributed by atoms with van der Waals surface area (Å²) in [6.07, 6.45) is -0.233. The standard InChI is InChI=1S/C18H23Cl2NO6/c1-16(2)9-4-5-18(16)10(8-9)25-6-7-26-14(23)17(3,20)11-12(19)21(13(18)22)15(24)27-11/h9-12H,4-8H2,1-3H3/t9-,10-,11-,12-,17?,18+/m1/s1. The van der Waals surface area contributed by atoms with E-state index in [0.29, 0.717) is 12.3 Å². The minimum Gasteiger partial charge on any atom is -0.462 e. The predicted octanol–water partition coefficient (Wildman–Crippen LogP) is 2.66. The fourth-order valence-electron chi connectivity index (χ4n) is 5.45. The molecule has 2 aliphatic carbocycles. The number of esters is 1. The van der Waals surface area contributed by atoms with Crippen molar-refractivity contribution < 1.29 is 28.6 Å². The van der Waals surface area contributed by atoms with Crippen molar-refractivity contribution in [3.63, 3.8) is 0 Å². The number of ether oxygens (including phenoxy) is 3. The number of imide groups is 1. The van der Waals surface area contributed by atoms with E-state index in [4.69, 9.17) is 37.4 Å². The molecule has 0 N–H and O–H groups in total. The molecule has 4 fully saturated rings. The Bertz CT molecular complexity index is 710. The molecule has 0 radical (unpaired) electrons. The van der Waals surface area contributed by atoms with Crippen molar-refractivity contribution >= 4 is 41.2 Å². The molecule has 150 valence electrons. The fraction of sp³-hybridized carbons (Fsp3) is 0.833. The average Bonchev–Trinajstić information content (AvgIpc) is 3.12. The van der Waals surface area contributed by atoms with Gasteiger partial charge in [-0.15, -0.1) is 11.6 Å². The number of alkyl halides is 2. The van der Waals surface area contributed by atoms with Gasteiger partial charge in [0.25, 0.3) is 0 Å². The van der Waals surface area contributed by atoms with Crippen molar-refractivity contribution in [2.75, 3.05) is 13.2 Å². The summed E-state index contributed by atoms with van der Waals surface area (Å²) in [4.78, 5) is 37.9. The molecule has 6 atom stereocenters. The van der Waals surface area contributed by atoms with Crippen LogP contribution in [0.3, 0.4) is 0 Å². The molecule has 7 nitrogen and oxygen atoms in total. The van der Waals surface area contributed by atoms with Crippen molar-refractivity contribution in [3.05, 3.63) is 0 Å². The zero-order valence-electron chi connectivity index (χ0n) is 15.5. The molecule has 2 saturated carbocycles. The highest BCUT2D eigenvalue weighted by molar-refractivity contribution is 6.36. The van der Waals surface area contributed by atoms with Gasteiger partial charge < -0.3 is 14.2 Å². The van der Waals surface area contributed by atoms with Crippen molar-refractivity contribution in [2.45, 2.75) is 62.6 Å². The van der Waals surface area contributed by atoms with Gasteiger partial charge in [0, 0.05) is 0 Å². The second-order valence-corrected chi connectivity index (χ2v) is 9.82. The second kappa shape index (κ2) is 5.97. The quantitative estimate of drug-likeness (QED) is 0.341. The Balaban J connectivity index is 1.79.